The van der Waals surface area contributed by atoms with Gasteiger partial charge in [0.25, 0.3) is 0 Å². The van der Waals surface area contributed by atoms with E-state index in [4.69, 9.17) is 4.42 Å². The number of rotatable bonds is 6. The zero-order chi connectivity index (χ0) is 13.2. The van der Waals surface area contributed by atoms with Crippen LogP contribution in [-0.2, 0) is 6.42 Å². The normalized spacial score (nSPS) is 23.7. The fraction of sp³-hybridized carbons (Fsp3) is 0.562. The lowest BCUT2D eigenvalue weighted by Gasteiger charge is -2.16. The van der Waals surface area contributed by atoms with Crippen molar-refractivity contribution in [1.82, 2.24) is 10.3 Å². The summed E-state index contributed by atoms with van der Waals surface area (Å²) in [5, 5.41) is 3.65. The van der Waals surface area contributed by atoms with Crippen LogP contribution in [0.25, 0.3) is 11.1 Å². The summed E-state index contributed by atoms with van der Waals surface area (Å²) in [5.41, 5.74) is 1.87. The molecule has 1 N–H and O–H groups in total. The number of para-hydroxylation sites is 2. The summed E-state index contributed by atoms with van der Waals surface area (Å²) in [6.45, 7) is 5.62. The van der Waals surface area contributed by atoms with Crippen LogP contribution in [0.1, 0.15) is 32.6 Å². The van der Waals surface area contributed by atoms with Gasteiger partial charge in [-0.05, 0) is 43.4 Å². The molecular formula is C16H22N2O. The lowest BCUT2D eigenvalue weighted by molar-refractivity contribution is 0.402. The van der Waals surface area contributed by atoms with Gasteiger partial charge in [0.15, 0.2) is 11.5 Å². The number of aromatic nitrogens is 1. The smallest absolute Gasteiger partial charge is 0.197 e. The second-order valence-corrected chi connectivity index (χ2v) is 5.72. The Morgan fingerprint density at radius 3 is 2.89 bits per heavy atom. The molecule has 3 atom stereocenters. The summed E-state index contributed by atoms with van der Waals surface area (Å²) < 4.78 is 5.84. The van der Waals surface area contributed by atoms with Gasteiger partial charge in [-0.2, -0.15) is 0 Å². The molecule has 1 aromatic carbocycles. The first kappa shape index (κ1) is 12.7. The molecule has 1 aromatic heterocycles. The first-order valence-corrected chi connectivity index (χ1v) is 7.35. The van der Waals surface area contributed by atoms with Gasteiger partial charge in [0.2, 0.25) is 0 Å². The van der Waals surface area contributed by atoms with E-state index in [1.807, 2.05) is 24.3 Å². The average Bonchev–Trinajstić information content (AvgIpc) is 3.00. The summed E-state index contributed by atoms with van der Waals surface area (Å²) in [6, 6.07) is 8.51. The molecule has 0 bridgehead atoms. The van der Waals surface area contributed by atoms with Crippen LogP contribution in [0.3, 0.4) is 0 Å². The van der Waals surface area contributed by atoms with Gasteiger partial charge in [0, 0.05) is 12.5 Å². The van der Waals surface area contributed by atoms with Gasteiger partial charge in [-0.3, -0.25) is 0 Å². The summed E-state index contributed by atoms with van der Waals surface area (Å²) in [7, 11) is 0. The van der Waals surface area contributed by atoms with Crippen LogP contribution in [0.4, 0.5) is 0 Å². The van der Waals surface area contributed by atoms with Gasteiger partial charge < -0.3 is 9.73 Å². The first-order chi connectivity index (χ1) is 9.28. The maximum Gasteiger partial charge on any atom is 0.197 e. The highest BCUT2D eigenvalue weighted by molar-refractivity contribution is 5.72. The van der Waals surface area contributed by atoms with Crippen LogP contribution < -0.4 is 5.32 Å². The lowest BCUT2D eigenvalue weighted by atomic mass is 10.1. The Hall–Kier alpha value is -1.35. The van der Waals surface area contributed by atoms with E-state index < -0.39 is 0 Å². The number of hydrogen-bond donors (Lipinski definition) is 1. The molecule has 0 saturated heterocycles. The molecule has 3 heteroatoms. The predicted octanol–water partition coefficient (Wildman–Crippen LogP) is 3.39. The Bertz CT molecular complexity index is 515. The Labute approximate surface area is 114 Å². The molecule has 0 radical (unpaired) electrons. The zero-order valence-corrected chi connectivity index (χ0v) is 11.7. The van der Waals surface area contributed by atoms with E-state index in [2.05, 4.69) is 24.1 Å². The molecule has 102 valence electrons. The maximum absolute atomic E-state index is 5.84. The molecule has 0 aliphatic heterocycles. The van der Waals surface area contributed by atoms with Crippen LogP contribution in [0.15, 0.2) is 28.7 Å². The van der Waals surface area contributed by atoms with Crippen molar-refractivity contribution >= 4 is 11.1 Å². The van der Waals surface area contributed by atoms with E-state index in [9.17, 15) is 0 Å². The van der Waals surface area contributed by atoms with E-state index in [0.29, 0.717) is 6.04 Å². The third-order valence-corrected chi connectivity index (χ3v) is 4.08. The SMILES string of the molecule is CCCNC(Cc1nc2ccccc2o1)C1CC1C. The number of benzene rings is 1. The minimum atomic E-state index is 0.517. The Kier molecular flexibility index (Phi) is 3.56. The van der Waals surface area contributed by atoms with Gasteiger partial charge in [-0.25, -0.2) is 4.98 Å². The van der Waals surface area contributed by atoms with Crippen molar-refractivity contribution in [2.75, 3.05) is 6.54 Å². The van der Waals surface area contributed by atoms with Crippen molar-refractivity contribution in [3.05, 3.63) is 30.2 Å². The fourth-order valence-electron chi connectivity index (χ4n) is 2.81. The highest BCUT2D eigenvalue weighted by Gasteiger charge is 2.39. The quantitative estimate of drug-likeness (QED) is 0.863. The van der Waals surface area contributed by atoms with Gasteiger partial charge >= 0.3 is 0 Å². The molecule has 2 aromatic rings. The summed E-state index contributed by atoms with van der Waals surface area (Å²) >= 11 is 0. The van der Waals surface area contributed by atoms with Crippen LogP contribution >= 0.6 is 0 Å². The molecule has 3 unspecified atom stereocenters. The summed E-state index contributed by atoms with van der Waals surface area (Å²) in [5.74, 6) is 2.51. The molecule has 0 spiro atoms. The van der Waals surface area contributed by atoms with E-state index >= 15 is 0 Å². The van der Waals surface area contributed by atoms with Crippen molar-refractivity contribution in [1.29, 1.82) is 0 Å². The molecular weight excluding hydrogens is 236 g/mol. The van der Waals surface area contributed by atoms with E-state index in [-0.39, 0.29) is 0 Å². The third-order valence-electron chi connectivity index (χ3n) is 4.08. The number of fused-ring (bicyclic) bond motifs is 1. The van der Waals surface area contributed by atoms with Gasteiger partial charge in [-0.15, -0.1) is 0 Å². The zero-order valence-electron chi connectivity index (χ0n) is 11.7. The number of hydrogen-bond acceptors (Lipinski definition) is 3. The van der Waals surface area contributed by atoms with Crippen molar-refractivity contribution in [2.24, 2.45) is 11.8 Å². The molecule has 1 aliphatic rings. The van der Waals surface area contributed by atoms with Crippen molar-refractivity contribution in [3.63, 3.8) is 0 Å². The van der Waals surface area contributed by atoms with Crippen molar-refractivity contribution < 1.29 is 4.42 Å². The molecule has 1 saturated carbocycles. The number of oxazole rings is 1. The Morgan fingerprint density at radius 1 is 1.42 bits per heavy atom. The minimum Gasteiger partial charge on any atom is -0.441 e. The Balaban J connectivity index is 1.73. The van der Waals surface area contributed by atoms with Crippen LogP contribution in [0, 0.1) is 11.8 Å². The second kappa shape index (κ2) is 5.33. The highest BCUT2D eigenvalue weighted by atomic mass is 16.3. The number of nitrogens with zero attached hydrogens (tertiary/aromatic N) is 1. The predicted molar refractivity (Wildman–Crippen MR) is 77.1 cm³/mol. The second-order valence-electron chi connectivity index (χ2n) is 5.72. The topological polar surface area (TPSA) is 38.1 Å². The number of nitrogens with one attached hydrogen (secondary N) is 1. The van der Waals surface area contributed by atoms with Crippen molar-refractivity contribution in [2.45, 2.75) is 39.2 Å². The molecule has 19 heavy (non-hydrogen) atoms. The molecule has 1 heterocycles. The van der Waals surface area contributed by atoms with Crippen LogP contribution in [0.2, 0.25) is 0 Å². The fourth-order valence-corrected chi connectivity index (χ4v) is 2.81. The van der Waals surface area contributed by atoms with E-state index in [1.54, 1.807) is 0 Å². The summed E-state index contributed by atoms with van der Waals surface area (Å²) in [6.07, 6.45) is 3.41. The van der Waals surface area contributed by atoms with Gasteiger partial charge in [0.1, 0.15) is 5.52 Å². The monoisotopic (exact) mass is 258 g/mol. The minimum absolute atomic E-state index is 0.517. The molecule has 1 fully saturated rings. The first-order valence-electron chi connectivity index (χ1n) is 7.35. The average molecular weight is 258 g/mol. The van der Waals surface area contributed by atoms with Gasteiger partial charge in [-0.1, -0.05) is 26.0 Å². The van der Waals surface area contributed by atoms with E-state index in [0.717, 1.165) is 41.8 Å². The van der Waals surface area contributed by atoms with Crippen LogP contribution in [0.5, 0.6) is 0 Å². The Morgan fingerprint density at radius 2 is 2.21 bits per heavy atom. The standard InChI is InChI=1S/C16H22N2O/c1-3-8-17-14(12-9-11(12)2)10-16-18-13-6-4-5-7-15(13)19-16/h4-7,11-12,14,17H,3,8-10H2,1-2H3. The molecule has 3 rings (SSSR count). The maximum atomic E-state index is 5.84. The van der Waals surface area contributed by atoms with Crippen LogP contribution in [-0.4, -0.2) is 17.6 Å². The third kappa shape index (κ3) is 2.81. The van der Waals surface area contributed by atoms with E-state index in [1.165, 1.54) is 12.8 Å². The summed E-state index contributed by atoms with van der Waals surface area (Å²) in [4.78, 5) is 4.59. The van der Waals surface area contributed by atoms with Gasteiger partial charge in [0.05, 0.1) is 0 Å². The highest BCUT2D eigenvalue weighted by Crippen LogP contribution is 2.41. The molecule has 1 aliphatic carbocycles. The lowest BCUT2D eigenvalue weighted by Crippen LogP contribution is -2.34. The largest absolute Gasteiger partial charge is 0.441 e. The van der Waals surface area contributed by atoms with Crippen molar-refractivity contribution in [3.8, 4) is 0 Å². The molecule has 3 nitrogen and oxygen atoms in total. The molecule has 0 amide bonds.